The number of halogens is 3. The Morgan fingerprint density at radius 1 is 0.818 bits per heavy atom. The Balaban J connectivity index is 1.22. The van der Waals surface area contributed by atoms with E-state index < -0.39 is 11.7 Å². The second-order valence-corrected chi connectivity index (χ2v) is 12.0. The van der Waals surface area contributed by atoms with Crippen molar-refractivity contribution in [2.75, 3.05) is 0 Å². The third kappa shape index (κ3) is 6.36. The van der Waals surface area contributed by atoms with Crippen LogP contribution in [-0.2, 0) is 44.3 Å². The van der Waals surface area contributed by atoms with Crippen molar-refractivity contribution in [1.29, 1.82) is 0 Å². The van der Waals surface area contributed by atoms with Crippen LogP contribution in [0.2, 0.25) is 0 Å². The van der Waals surface area contributed by atoms with Gasteiger partial charge in [0.2, 0.25) is 0 Å². The molecule has 0 saturated heterocycles. The summed E-state index contributed by atoms with van der Waals surface area (Å²) in [7, 11) is 0. The van der Waals surface area contributed by atoms with Crippen LogP contribution in [0.5, 0.6) is 0 Å². The Kier molecular flexibility index (Phi) is 8.44. The highest BCUT2D eigenvalue weighted by Gasteiger charge is 2.30. The summed E-state index contributed by atoms with van der Waals surface area (Å²) in [6.45, 7) is 5.28. The lowest BCUT2D eigenvalue weighted by Crippen LogP contribution is -2.23. The molecule has 2 heterocycles. The Morgan fingerprint density at radius 3 is 2.11 bits per heavy atom. The molecule has 10 heteroatoms. The molecule has 0 spiro atoms. The van der Waals surface area contributed by atoms with Gasteiger partial charge in [0.15, 0.2) is 11.0 Å². The first kappa shape index (κ1) is 29.9. The molecule has 0 unspecified atom stereocenters. The normalized spacial score (nSPS) is 12.9. The van der Waals surface area contributed by atoms with E-state index in [0.717, 1.165) is 71.0 Å². The zero-order chi connectivity index (χ0) is 30.8. The van der Waals surface area contributed by atoms with Crippen molar-refractivity contribution in [2.24, 2.45) is 0 Å². The monoisotopic (exact) mass is 615 g/mol. The molecule has 2 aromatic heterocycles. The topological polar surface area (TPSA) is 65.6 Å². The Bertz CT molecular complexity index is 1830. The minimum Gasteiger partial charge on any atom is -0.316 e. The highest BCUT2D eigenvalue weighted by atomic mass is 32.2. The number of nitrogens with zero attached hydrogens (tertiary/aromatic N) is 5. The van der Waals surface area contributed by atoms with E-state index in [2.05, 4.69) is 62.4 Å². The fourth-order valence-corrected chi connectivity index (χ4v) is 6.63. The second kappa shape index (κ2) is 12.4. The van der Waals surface area contributed by atoms with E-state index in [1.165, 1.54) is 23.3 Å². The van der Waals surface area contributed by atoms with Crippen molar-refractivity contribution in [3.8, 4) is 11.1 Å². The van der Waals surface area contributed by atoms with Crippen molar-refractivity contribution in [3.63, 3.8) is 0 Å². The largest absolute Gasteiger partial charge is 0.416 e. The lowest BCUT2D eigenvalue weighted by atomic mass is 10.0. The quantitative estimate of drug-likeness (QED) is 0.129. The van der Waals surface area contributed by atoms with E-state index in [-0.39, 0.29) is 5.56 Å². The van der Waals surface area contributed by atoms with Gasteiger partial charge in [-0.15, -0.1) is 10.2 Å². The van der Waals surface area contributed by atoms with Gasteiger partial charge in [0.1, 0.15) is 5.82 Å². The van der Waals surface area contributed by atoms with Crippen LogP contribution in [0.4, 0.5) is 13.2 Å². The van der Waals surface area contributed by atoms with Crippen LogP contribution in [0.1, 0.15) is 58.5 Å². The molecule has 1 aliphatic rings. The van der Waals surface area contributed by atoms with Crippen molar-refractivity contribution >= 4 is 11.8 Å². The van der Waals surface area contributed by atoms with Crippen LogP contribution >= 0.6 is 11.8 Å². The van der Waals surface area contributed by atoms with E-state index in [1.807, 2.05) is 24.3 Å². The number of benzene rings is 3. The zero-order valence-corrected chi connectivity index (χ0v) is 25.4. The third-order valence-corrected chi connectivity index (χ3v) is 9.12. The van der Waals surface area contributed by atoms with Gasteiger partial charge in [-0.1, -0.05) is 78.0 Å². The highest BCUT2D eigenvalue weighted by molar-refractivity contribution is 7.98. The van der Waals surface area contributed by atoms with Gasteiger partial charge in [0.05, 0.1) is 12.1 Å². The first-order chi connectivity index (χ1) is 21.2. The van der Waals surface area contributed by atoms with Gasteiger partial charge < -0.3 is 9.13 Å². The molecular weight excluding hydrogens is 583 g/mol. The number of aromatic nitrogens is 5. The molecule has 6 rings (SSSR count). The van der Waals surface area contributed by atoms with Crippen LogP contribution < -0.4 is 5.56 Å². The van der Waals surface area contributed by atoms with E-state index in [4.69, 9.17) is 0 Å². The van der Waals surface area contributed by atoms with Crippen molar-refractivity contribution in [1.82, 2.24) is 24.3 Å². The summed E-state index contributed by atoms with van der Waals surface area (Å²) in [5.41, 5.74) is 6.03. The molecule has 0 bridgehead atoms. The fourth-order valence-electron chi connectivity index (χ4n) is 5.67. The lowest BCUT2D eigenvalue weighted by molar-refractivity contribution is -0.137. The van der Waals surface area contributed by atoms with Crippen LogP contribution in [0.3, 0.4) is 0 Å². The van der Waals surface area contributed by atoms with Gasteiger partial charge >= 0.3 is 6.18 Å². The SMILES string of the molecule is CCn1c(Cc2ccc(-c3ccc(C(F)(F)F)cc3)cc2)nnc1Cn1c(SCc2ccc(C)cc2)nc(=O)c2c1CCC2. The van der Waals surface area contributed by atoms with Gasteiger partial charge in [0.25, 0.3) is 5.56 Å². The summed E-state index contributed by atoms with van der Waals surface area (Å²) in [5.74, 6) is 2.34. The average Bonchev–Trinajstić information content (AvgIpc) is 3.66. The van der Waals surface area contributed by atoms with Crippen molar-refractivity contribution < 1.29 is 13.2 Å². The zero-order valence-electron chi connectivity index (χ0n) is 24.6. The molecule has 0 radical (unpaired) electrons. The first-order valence-electron chi connectivity index (χ1n) is 14.7. The maximum absolute atomic E-state index is 12.9. The molecule has 6 nitrogen and oxygen atoms in total. The summed E-state index contributed by atoms with van der Waals surface area (Å²) < 4.78 is 43.1. The molecular formula is C34H32F3N5OS. The molecule has 0 fully saturated rings. The smallest absolute Gasteiger partial charge is 0.316 e. The number of aryl methyl sites for hydroxylation is 1. The number of rotatable bonds is 9. The first-order valence-corrected chi connectivity index (χ1v) is 15.7. The molecule has 1 aliphatic carbocycles. The molecule has 0 saturated carbocycles. The summed E-state index contributed by atoms with van der Waals surface area (Å²) in [4.78, 5) is 17.4. The van der Waals surface area contributed by atoms with E-state index in [9.17, 15) is 18.0 Å². The van der Waals surface area contributed by atoms with Crippen LogP contribution in [0.15, 0.2) is 82.7 Å². The lowest BCUT2D eigenvalue weighted by Gasteiger charge is -2.17. The second-order valence-electron chi connectivity index (χ2n) is 11.1. The van der Waals surface area contributed by atoms with Gasteiger partial charge in [-0.05, 0) is 67.5 Å². The average molecular weight is 616 g/mol. The molecule has 5 aromatic rings. The maximum Gasteiger partial charge on any atom is 0.416 e. The number of fused-ring (bicyclic) bond motifs is 1. The van der Waals surface area contributed by atoms with Gasteiger partial charge in [-0.3, -0.25) is 4.79 Å². The van der Waals surface area contributed by atoms with E-state index >= 15 is 0 Å². The Hall–Kier alpha value is -4.18. The van der Waals surface area contributed by atoms with Crippen LogP contribution in [0, 0.1) is 6.92 Å². The van der Waals surface area contributed by atoms with Gasteiger partial charge in [0, 0.05) is 30.0 Å². The number of hydrogen-bond donors (Lipinski definition) is 0. The van der Waals surface area contributed by atoms with E-state index in [1.54, 1.807) is 11.8 Å². The van der Waals surface area contributed by atoms with Crippen molar-refractivity contribution in [3.05, 3.63) is 128 Å². The number of alkyl halides is 3. The highest BCUT2D eigenvalue weighted by Crippen LogP contribution is 2.31. The Labute approximate surface area is 258 Å². The molecule has 0 aliphatic heterocycles. The van der Waals surface area contributed by atoms with Crippen LogP contribution in [0.25, 0.3) is 11.1 Å². The molecule has 44 heavy (non-hydrogen) atoms. The van der Waals surface area contributed by atoms with Gasteiger partial charge in [-0.25, -0.2) is 0 Å². The van der Waals surface area contributed by atoms with Crippen LogP contribution in [-0.4, -0.2) is 24.3 Å². The summed E-state index contributed by atoms with van der Waals surface area (Å²) in [5, 5.41) is 9.81. The molecule has 0 N–H and O–H groups in total. The number of hydrogen-bond acceptors (Lipinski definition) is 5. The predicted octanol–water partition coefficient (Wildman–Crippen LogP) is 7.27. The third-order valence-electron chi connectivity index (χ3n) is 8.07. The predicted molar refractivity (Wildman–Crippen MR) is 166 cm³/mol. The summed E-state index contributed by atoms with van der Waals surface area (Å²) >= 11 is 1.57. The minimum atomic E-state index is -4.35. The summed E-state index contributed by atoms with van der Waals surface area (Å²) in [6, 6.07) is 21.4. The molecule has 3 aromatic carbocycles. The van der Waals surface area contributed by atoms with Gasteiger partial charge in [-0.2, -0.15) is 18.2 Å². The number of thioether (sulfide) groups is 1. The standard InChI is InChI=1S/C34H32F3N5OS/c1-3-41-30(19-23-11-13-25(14-12-23)26-15-17-27(18-16-26)34(35,36)37)39-40-31(41)20-42-29-6-4-5-28(29)32(43)38-33(42)44-21-24-9-7-22(2)8-10-24/h7-18H,3-6,19-21H2,1-2H3. The molecule has 226 valence electrons. The Morgan fingerprint density at radius 2 is 1.45 bits per heavy atom. The van der Waals surface area contributed by atoms with Crippen molar-refractivity contribution in [2.45, 2.75) is 69.7 Å². The maximum atomic E-state index is 12.9. The summed E-state index contributed by atoms with van der Waals surface area (Å²) in [6.07, 6.45) is -1.27. The molecule has 0 amide bonds. The minimum absolute atomic E-state index is 0.127. The van der Waals surface area contributed by atoms with E-state index in [0.29, 0.717) is 30.4 Å². The fraction of sp³-hybridized carbons (Fsp3) is 0.294. The molecule has 0 atom stereocenters.